The molecule has 14 heteroatoms. The van der Waals surface area contributed by atoms with Gasteiger partial charge in [0.1, 0.15) is 6.07 Å². The van der Waals surface area contributed by atoms with E-state index in [2.05, 4.69) is 55.1 Å². The summed E-state index contributed by atoms with van der Waals surface area (Å²) in [5.41, 5.74) is 11.3. The molecule has 3 aliphatic rings. The van der Waals surface area contributed by atoms with Crippen molar-refractivity contribution in [2.24, 2.45) is 0 Å². The Bertz CT molecular complexity index is 1800. The Morgan fingerprint density at radius 3 is 2.83 bits per heavy atom. The molecule has 1 fully saturated rings. The minimum Gasteiger partial charge on any atom is -0.377 e. The lowest BCUT2D eigenvalue weighted by Crippen LogP contribution is -2.52. The summed E-state index contributed by atoms with van der Waals surface area (Å²) in [6, 6.07) is 12.7. The van der Waals surface area contributed by atoms with Gasteiger partial charge >= 0.3 is 0 Å². The molecular formula is C28H22ClF2N9OS. The van der Waals surface area contributed by atoms with Crippen molar-refractivity contribution in [2.45, 2.75) is 17.0 Å². The van der Waals surface area contributed by atoms with Crippen molar-refractivity contribution in [3.05, 3.63) is 88.6 Å². The van der Waals surface area contributed by atoms with Crippen LogP contribution in [0.3, 0.4) is 0 Å². The Morgan fingerprint density at radius 2 is 2.05 bits per heavy atom. The standard InChI is InChI=1S/C28H22ClF2N9OS/c29-20-5-15(4-19-24(14(7-32)8-33-25(19)20)37-16-6-21(30)28(31)34-9-16)36-26(18-2-1-3-22-27(18)42-13-35-22)23-10-40(39-38-23)17-11-41-12-17/h1-6,8-10,17,26,35-36,38-39H,11-13H2,(H,33,37)/t26-/m0/s1. The Balaban J connectivity index is 1.31. The van der Waals surface area contributed by atoms with Gasteiger partial charge in [0.15, 0.2) is 5.82 Å². The van der Waals surface area contributed by atoms with Gasteiger partial charge in [0.05, 0.1) is 70.5 Å². The predicted octanol–water partition coefficient (Wildman–Crippen LogP) is 5.37. The third kappa shape index (κ3) is 4.78. The van der Waals surface area contributed by atoms with Crippen molar-refractivity contribution in [1.82, 2.24) is 25.9 Å². The molecule has 0 amide bonds. The molecular weight excluding hydrogens is 584 g/mol. The highest BCUT2D eigenvalue weighted by molar-refractivity contribution is 8.00. The lowest BCUT2D eigenvalue weighted by molar-refractivity contribution is -0.0635. The second-order valence-corrected chi connectivity index (χ2v) is 11.2. The molecule has 0 radical (unpaired) electrons. The first-order valence-electron chi connectivity index (χ1n) is 12.9. The van der Waals surface area contributed by atoms with E-state index in [-0.39, 0.29) is 23.3 Å². The number of hydrogen-bond donors (Lipinski definition) is 5. The van der Waals surface area contributed by atoms with Crippen LogP contribution in [0, 0.1) is 23.1 Å². The van der Waals surface area contributed by atoms with Crippen LogP contribution >= 0.6 is 23.4 Å². The fraction of sp³-hybridized carbons (Fsp3) is 0.179. The van der Waals surface area contributed by atoms with Gasteiger partial charge in [0, 0.05) is 40.1 Å². The van der Waals surface area contributed by atoms with Crippen LogP contribution in [-0.4, -0.2) is 40.1 Å². The summed E-state index contributed by atoms with van der Waals surface area (Å²) in [5, 5.41) is 22.7. The minimum absolute atomic E-state index is 0.168. The lowest BCUT2D eigenvalue weighted by Gasteiger charge is -2.33. The first-order valence-corrected chi connectivity index (χ1v) is 14.3. The quantitative estimate of drug-likeness (QED) is 0.175. The van der Waals surface area contributed by atoms with Crippen LogP contribution in [0.4, 0.5) is 31.5 Å². The Morgan fingerprint density at radius 1 is 1.17 bits per heavy atom. The lowest BCUT2D eigenvalue weighted by atomic mass is 10.0. The van der Waals surface area contributed by atoms with E-state index in [0.717, 1.165) is 40.0 Å². The number of benzene rings is 2. The summed E-state index contributed by atoms with van der Waals surface area (Å²) in [7, 11) is 0. The average molecular weight is 606 g/mol. The molecule has 3 aliphatic heterocycles. The van der Waals surface area contributed by atoms with Crippen molar-refractivity contribution in [3.63, 3.8) is 0 Å². The molecule has 0 spiro atoms. The molecule has 0 aliphatic carbocycles. The summed E-state index contributed by atoms with van der Waals surface area (Å²) in [4.78, 5) is 8.97. The van der Waals surface area contributed by atoms with Gasteiger partial charge in [0.2, 0.25) is 5.95 Å². The highest BCUT2D eigenvalue weighted by Crippen LogP contribution is 2.43. The number of nitriles is 1. The van der Waals surface area contributed by atoms with Gasteiger partial charge < -0.3 is 26.1 Å². The predicted molar refractivity (Wildman–Crippen MR) is 157 cm³/mol. The van der Waals surface area contributed by atoms with Crippen molar-refractivity contribution in [2.75, 3.05) is 35.0 Å². The van der Waals surface area contributed by atoms with Crippen molar-refractivity contribution in [3.8, 4) is 6.07 Å². The highest BCUT2D eigenvalue weighted by atomic mass is 35.5. The van der Waals surface area contributed by atoms with Crippen LogP contribution in [0.25, 0.3) is 10.9 Å². The fourth-order valence-electron chi connectivity index (χ4n) is 5.03. The van der Waals surface area contributed by atoms with Gasteiger partial charge in [-0.25, -0.2) is 9.37 Å². The van der Waals surface area contributed by atoms with E-state index in [1.807, 2.05) is 23.3 Å². The third-order valence-corrected chi connectivity index (χ3v) is 8.51. The molecule has 7 rings (SSSR count). The average Bonchev–Trinajstić information content (AvgIpc) is 3.63. The SMILES string of the molecule is N#Cc1cnc2c(Cl)cc(N[C@H](C3=CN(C4COC4)NN3)c3cccc4c3SCN4)cc2c1Nc1cnc(F)c(F)c1. The molecule has 212 valence electrons. The smallest absolute Gasteiger partial charge is 0.249 e. The number of pyridine rings is 2. The zero-order valence-corrected chi connectivity index (χ0v) is 23.3. The number of aromatic nitrogens is 2. The van der Waals surface area contributed by atoms with Crippen molar-refractivity contribution in [1.29, 1.82) is 5.26 Å². The molecule has 0 bridgehead atoms. The van der Waals surface area contributed by atoms with Gasteiger partial charge in [-0.3, -0.25) is 9.99 Å². The summed E-state index contributed by atoms with van der Waals surface area (Å²) in [6.45, 7) is 1.27. The molecule has 1 saturated heterocycles. The van der Waals surface area contributed by atoms with Crippen LogP contribution in [0.5, 0.6) is 0 Å². The monoisotopic (exact) mass is 605 g/mol. The molecule has 5 heterocycles. The molecule has 10 nitrogen and oxygen atoms in total. The van der Waals surface area contributed by atoms with E-state index in [0.29, 0.717) is 40.5 Å². The van der Waals surface area contributed by atoms with Crippen LogP contribution in [0.2, 0.25) is 5.02 Å². The molecule has 1 atom stereocenters. The number of nitrogens with zero attached hydrogens (tertiary/aromatic N) is 4. The van der Waals surface area contributed by atoms with E-state index in [4.69, 9.17) is 16.3 Å². The number of anilines is 4. The first-order chi connectivity index (χ1) is 20.5. The molecule has 42 heavy (non-hydrogen) atoms. The first kappa shape index (κ1) is 26.5. The summed E-state index contributed by atoms with van der Waals surface area (Å²) < 4.78 is 32.8. The molecule has 5 N–H and O–H groups in total. The van der Waals surface area contributed by atoms with E-state index in [1.165, 1.54) is 6.20 Å². The van der Waals surface area contributed by atoms with Crippen molar-refractivity contribution < 1.29 is 13.5 Å². The number of ether oxygens (including phenoxy) is 1. The van der Waals surface area contributed by atoms with Gasteiger partial charge in [-0.1, -0.05) is 23.7 Å². The summed E-state index contributed by atoms with van der Waals surface area (Å²) in [6.07, 6.45) is 4.56. The number of thioether (sulfide) groups is 1. The van der Waals surface area contributed by atoms with Crippen LogP contribution in [-0.2, 0) is 4.74 Å². The molecule has 0 unspecified atom stereocenters. The van der Waals surface area contributed by atoms with Gasteiger partial charge in [0.25, 0.3) is 0 Å². The largest absolute Gasteiger partial charge is 0.377 e. The molecule has 2 aromatic carbocycles. The maximum absolute atomic E-state index is 13.9. The van der Waals surface area contributed by atoms with Crippen LogP contribution in [0.15, 0.2) is 65.6 Å². The van der Waals surface area contributed by atoms with Gasteiger partial charge in [-0.2, -0.15) is 9.65 Å². The van der Waals surface area contributed by atoms with Crippen molar-refractivity contribution >= 4 is 57.0 Å². The maximum Gasteiger partial charge on any atom is 0.249 e. The number of hydrazine groups is 2. The Kier molecular flexibility index (Phi) is 6.83. The molecule has 2 aromatic heterocycles. The Labute approximate surface area is 248 Å². The summed E-state index contributed by atoms with van der Waals surface area (Å²) in [5.74, 6) is -1.56. The zero-order chi connectivity index (χ0) is 28.8. The minimum atomic E-state index is -1.21. The highest BCUT2D eigenvalue weighted by Gasteiger charge is 2.32. The zero-order valence-electron chi connectivity index (χ0n) is 21.7. The van der Waals surface area contributed by atoms with Gasteiger partial charge in [-0.15, -0.1) is 17.3 Å². The number of nitrogens with one attached hydrogen (secondary N) is 5. The second kappa shape index (κ2) is 10.8. The Hall–Kier alpha value is -4.35. The third-order valence-electron chi connectivity index (χ3n) is 7.19. The number of hydrogen-bond acceptors (Lipinski definition) is 11. The molecule has 4 aromatic rings. The van der Waals surface area contributed by atoms with E-state index in [9.17, 15) is 14.0 Å². The summed E-state index contributed by atoms with van der Waals surface area (Å²) >= 11 is 8.46. The fourth-order valence-corrected chi connectivity index (χ4v) is 6.31. The topological polar surface area (TPSA) is 122 Å². The normalized spacial score (nSPS) is 16.6. The maximum atomic E-state index is 13.9. The second-order valence-electron chi connectivity index (χ2n) is 9.82. The van der Waals surface area contributed by atoms with Crippen LogP contribution < -0.4 is 26.9 Å². The number of halogens is 3. The van der Waals surface area contributed by atoms with E-state index < -0.39 is 11.8 Å². The van der Waals surface area contributed by atoms with E-state index >= 15 is 0 Å². The van der Waals surface area contributed by atoms with Gasteiger partial charge in [-0.05, 0) is 23.8 Å². The van der Waals surface area contributed by atoms with Crippen LogP contribution in [0.1, 0.15) is 17.2 Å². The molecule has 0 saturated carbocycles. The number of fused-ring (bicyclic) bond motifs is 2. The van der Waals surface area contributed by atoms with E-state index in [1.54, 1.807) is 17.8 Å². The number of rotatable bonds is 7.